The highest BCUT2D eigenvalue weighted by atomic mass is 19.4. The Kier molecular flexibility index (Phi) is 7.11. The molecular weight excluding hydrogens is 459 g/mol. The van der Waals surface area contributed by atoms with Crippen molar-refractivity contribution < 1.29 is 32.6 Å². The number of rotatable bonds is 7. The van der Waals surface area contributed by atoms with Gasteiger partial charge in [0.05, 0.1) is 16.5 Å². The number of halogens is 3. The molecule has 0 heterocycles. The summed E-state index contributed by atoms with van der Waals surface area (Å²) >= 11 is 0. The van der Waals surface area contributed by atoms with E-state index in [1.165, 1.54) is 32.0 Å². The molecule has 3 rings (SSSR count). The highest BCUT2D eigenvalue weighted by Crippen LogP contribution is 2.33. The lowest BCUT2D eigenvalue weighted by molar-refractivity contribution is -0.141. The molecule has 1 unspecified atom stereocenters. The number of carboxylic acids is 1. The lowest BCUT2D eigenvalue weighted by Gasteiger charge is -2.27. The van der Waals surface area contributed by atoms with Crippen molar-refractivity contribution in [2.75, 3.05) is 0 Å². The minimum atomic E-state index is -4.45. The fourth-order valence-electron chi connectivity index (χ4n) is 3.53. The number of carbonyl (C=O) groups excluding carboxylic acids is 1. The van der Waals surface area contributed by atoms with Crippen molar-refractivity contribution >= 4 is 22.6 Å². The third-order valence-electron chi connectivity index (χ3n) is 5.65. The SMILES string of the molecule is C#CC(C)(C)C(NC(=O)c1ccc2ccc(C)cc2c1OCc1ccc(C(F)(F)F)cc1)C(=O)O. The first-order valence-electron chi connectivity index (χ1n) is 10.7. The van der Waals surface area contributed by atoms with E-state index in [0.717, 1.165) is 23.1 Å². The van der Waals surface area contributed by atoms with Crippen LogP contribution in [0.3, 0.4) is 0 Å². The van der Waals surface area contributed by atoms with E-state index in [1.807, 2.05) is 25.1 Å². The molecule has 3 aromatic carbocycles. The fraction of sp³-hybridized carbons (Fsp3) is 0.259. The van der Waals surface area contributed by atoms with Gasteiger partial charge in [-0.3, -0.25) is 4.79 Å². The topological polar surface area (TPSA) is 75.6 Å². The number of hydrogen-bond donors (Lipinski definition) is 2. The molecule has 0 radical (unpaired) electrons. The zero-order valence-electron chi connectivity index (χ0n) is 19.4. The largest absolute Gasteiger partial charge is 0.487 e. The number of terminal acetylenes is 1. The van der Waals surface area contributed by atoms with Gasteiger partial charge < -0.3 is 15.2 Å². The maximum Gasteiger partial charge on any atom is 0.416 e. The van der Waals surface area contributed by atoms with Gasteiger partial charge in [-0.2, -0.15) is 13.2 Å². The molecule has 0 aliphatic carbocycles. The summed E-state index contributed by atoms with van der Waals surface area (Å²) in [6.07, 6.45) is 1.02. The number of nitrogens with one attached hydrogen (secondary N) is 1. The van der Waals surface area contributed by atoms with Crippen molar-refractivity contribution in [1.82, 2.24) is 5.32 Å². The van der Waals surface area contributed by atoms with E-state index < -0.39 is 35.1 Å². The summed E-state index contributed by atoms with van der Waals surface area (Å²) in [7, 11) is 0. The van der Waals surface area contributed by atoms with E-state index in [4.69, 9.17) is 11.2 Å². The van der Waals surface area contributed by atoms with Crippen LogP contribution in [0.1, 0.15) is 40.9 Å². The van der Waals surface area contributed by atoms with Gasteiger partial charge in [-0.25, -0.2) is 4.79 Å². The number of alkyl halides is 3. The number of ether oxygens (including phenoxy) is 1. The minimum Gasteiger partial charge on any atom is -0.487 e. The summed E-state index contributed by atoms with van der Waals surface area (Å²) in [6.45, 7) is 4.81. The summed E-state index contributed by atoms with van der Waals surface area (Å²) in [6, 6.07) is 11.9. The second-order valence-electron chi connectivity index (χ2n) is 8.76. The molecule has 1 atom stereocenters. The maximum atomic E-state index is 13.2. The van der Waals surface area contributed by atoms with E-state index in [9.17, 15) is 27.9 Å². The smallest absolute Gasteiger partial charge is 0.416 e. The number of aryl methyl sites for hydroxylation is 1. The molecule has 0 saturated carbocycles. The number of amides is 1. The molecule has 3 aromatic rings. The van der Waals surface area contributed by atoms with Crippen molar-refractivity contribution in [2.45, 2.75) is 39.6 Å². The molecule has 0 aromatic heterocycles. The van der Waals surface area contributed by atoms with Crippen LogP contribution in [-0.2, 0) is 17.6 Å². The van der Waals surface area contributed by atoms with Crippen LogP contribution in [0.5, 0.6) is 5.75 Å². The standard InChI is InChI=1S/C27H24F3NO4/c1-5-26(3,4)23(25(33)34)31-24(32)20-13-10-18-9-6-16(2)14-21(18)22(20)35-15-17-7-11-19(12-8-17)27(28,29)30/h1,6-14,23H,15H2,2-4H3,(H,31,32)(H,33,34). The van der Waals surface area contributed by atoms with Crippen molar-refractivity contribution in [2.24, 2.45) is 5.41 Å². The Morgan fingerprint density at radius 3 is 2.29 bits per heavy atom. The van der Waals surface area contributed by atoms with Crippen LogP contribution < -0.4 is 10.1 Å². The molecule has 182 valence electrons. The Morgan fingerprint density at radius 1 is 1.09 bits per heavy atom. The molecule has 0 aliphatic rings. The Bertz CT molecular complexity index is 1300. The van der Waals surface area contributed by atoms with Crippen molar-refractivity contribution in [3.05, 3.63) is 76.9 Å². The van der Waals surface area contributed by atoms with E-state index in [-0.39, 0.29) is 17.9 Å². The molecule has 2 N–H and O–H groups in total. The zero-order chi connectivity index (χ0) is 26.0. The average molecular weight is 483 g/mol. The summed E-state index contributed by atoms with van der Waals surface area (Å²) in [5.41, 5.74) is -0.514. The molecule has 1 amide bonds. The van der Waals surface area contributed by atoms with Crippen LogP contribution >= 0.6 is 0 Å². The van der Waals surface area contributed by atoms with Crippen LogP contribution in [0.15, 0.2) is 54.6 Å². The van der Waals surface area contributed by atoms with E-state index in [2.05, 4.69) is 11.2 Å². The number of benzene rings is 3. The van der Waals surface area contributed by atoms with Gasteiger partial charge in [-0.1, -0.05) is 41.8 Å². The van der Waals surface area contributed by atoms with E-state index >= 15 is 0 Å². The third-order valence-corrected chi connectivity index (χ3v) is 5.65. The summed E-state index contributed by atoms with van der Waals surface area (Å²) in [4.78, 5) is 25.0. The first kappa shape index (κ1) is 25.6. The van der Waals surface area contributed by atoms with Crippen molar-refractivity contribution in [3.8, 4) is 18.1 Å². The molecule has 0 aliphatic heterocycles. The number of carbonyl (C=O) groups is 2. The third kappa shape index (κ3) is 5.75. The molecule has 0 saturated heterocycles. The number of hydrogen-bond acceptors (Lipinski definition) is 3. The number of carboxylic acid groups (broad SMARTS) is 1. The van der Waals surface area contributed by atoms with Crippen LogP contribution in [0, 0.1) is 24.7 Å². The normalized spacial score (nSPS) is 12.6. The fourth-order valence-corrected chi connectivity index (χ4v) is 3.53. The minimum absolute atomic E-state index is 0.0779. The Hall–Kier alpha value is -3.99. The monoisotopic (exact) mass is 483 g/mol. The average Bonchev–Trinajstić information content (AvgIpc) is 2.80. The van der Waals surface area contributed by atoms with Crippen molar-refractivity contribution in [3.63, 3.8) is 0 Å². The predicted octanol–water partition coefficient (Wildman–Crippen LogP) is 5.59. The highest BCUT2D eigenvalue weighted by Gasteiger charge is 2.36. The lowest BCUT2D eigenvalue weighted by Crippen LogP contribution is -2.49. The number of fused-ring (bicyclic) bond motifs is 1. The second-order valence-corrected chi connectivity index (χ2v) is 8.76. The first-order valence-corrected chi connectivity index (χ1v) is 10.7. The van der Waals surface area contributed by atoms with Crippen LogP contribution in [0.4, 0.5) is 13.2 Å². The van der Waals surface area contributed by atoms with Gasteiger partial charge in [-0.15, -0.1) is 6.42 Å². The summed E-state index contributed by atoms with van der Waals surface area (Å²) < 4.78 is 44.6. The molecule has 0 spiro atoms. The highest BCUT2D eigenvalue weighted by molar-refractivity contribution is 6.05. The van der Waals surface area contributed by atoms with Gasteiger partial charge in [-0.05, 0) is 56.0 Å². The predicted molar refractivity (Wildman–Crippen MR) is 126 cm³/mol. The van der Waals surface area contributed by atoms with Gasteiger partial charge in [0.1, 0.15) is 18.4 Å². The Morgan fingerprint density at radius 2 is 1.71 bits per heavy atom. The molecule has 5 nitrogen and oxygen atoms in total. The van der Waals surface area contributed by atoms with Gasteiger partial charge >= 0.3 is 12.1 Å². The van der Waals surface area contributed by atoms with Gasteiger partial charge in [0.25, 0.3) is 5.91 Å². The zero-order valence-corrected chi connectivity index (χ0v) is 19.4. The second kappa shape index (κ2) is 9.71. The quantitative estimate of drug-likeness (QED) is 0.430. The Labute approximate surface area is 200 Å². The summed E-state index contributed by atoms with van der Waals surface area (Å²) in [5.74, 6) is 0.583. The van der Waals surface area contributed by atoms with E-state index in [0.29, 0.717) is 10.9 Å². The van der Waals surface area contributed by atoms with Crippen molar-refractivity contribution in [1.29, 1.82) is 0 Å². The van der Waals surface area contributed by atoms with Gasteiger partial charge in [0.2, 0.25) is 0 Å². The maximum absolute atomic E-state index is 13.2. The molecule has 35 heavy (non-hydrogen) atoms. The van der Waals surface area contributed by atoms with E-state index in [1.54, 1.807) is 6.07 Å². The molecule has 0 fully saturated rings. The Balaban J connectivity index is 1.99. The molecule has 8 heteroatoms. The number of aliphatic carboxylic acids is 1. The molecule has 0 bridgehead atoms. The van der Waals surface area contributed by atoms with Crippen LogP contribution in [-0.4, -0.2) is 23.0 Å². The summed E-state index contributed by atoms with van der Waals surface area (Å²) in [5, 5.41) is 13.5. The van der Waals surface area contributed by atoms with Gasteiger partial charge in [0, 0.05) is 5.39 Å². The molecular formula is C27H24F3NO4. The lowest BCUT2D eigenvalue weighted by atomic mass is 9.85. The first-order chi connectivity index (χ1) is 16.3. The van der Waals surface area contributed by atoms with Crippen LogP contribution in [0.2, 0.25) is 0 Å². The van der Waals surface area contributed by atoms with Crippen LogP contribution in [0.25, 0.3) is 10.8 Å². The van der Waals surface area contributed by atoms with Gasteiger partial charge in [0.15, 0.2) is 0 Å².